The van der Waals surface area contributed by atoms with Gasteiger partial charge in [0.15, 0.2) is 0 Å². The van der Waals surface area contributed by atoms with Crippen molar-refractivity contribution in [2.45, 2.75) is 0 Å². The Labute approximate surface area is 101 Å². The van der Waals surface area contributed by atoms with E-state index >= 15 is 0 Å². The molecule has 0 N–H and O–H groups in total. The predicted molar refractivity (Wildman–Crippen MR) is 62.3 cm³/mol. The minimum absolute atomic E-state index is 0.260. The minimum Gasteiger partial charge on any atom is -0.496 e. The van der Waals surface area contributed by atoms with Crippen LogP contribution in [-0.4, -0.2) is 20.2 Å². The number of halogens is 2. The van der Waals surface area contributed by atoms with Gasteiger partial charge in [-0.3, -0.25) is 0 Å². The van der Waals surface area contributed by atoms with Gasteiger partial charge < -0.3 is 9.47 Å². The molecule has 0 amide bonds. The molecule has 0 aliphatic carbocycles. The number of carbonyl (C=O) groups excluding carboxylic acids is 1. The molecule has 0 aliphatic rings. The molecule has 0 unspecified atom stereocenters. The summed E-state index contributed by atoms with van der Waals surface area (Å²) < 4.78 is 22.8. The second-order valence-electron chi connectivity index (χ2n) is 2.86. The van der Waals surface area contributed by atoms with Crippen molar-refractivity contribution in [2.24, 2.45) is 0 Å². The van der Waals surface area contributed by atoms with E-state index in [1.165, 1.54) is 32.4 Å². The maximum absolute atomic E-state index is 13.2. The zero-order valence-electron chi connectivity index (χ0n) is 8.79. The molecule has 0 saturated heterocycles. The van der Waals surface area contributed by atoms with Gasteiger partial charge in [0, 0.05) is 10.5 Å². The zero-order chi connectivity index (χ0) is 12.1. The fourth-order valence-electron chi connectivity index (χ4n) is 1.18. The topological polar surface area (TPSA) is 35.5 Å². The number of carbonyl (C=O) groups is 1. The molecule has 0 heterocycles. The normalized spacial score (nSPS) is 11.1. The van der Waals surface area contributed by atoms with Crippen LogP contribution in [0.25, 0.3) is 5.83 Å². The summed E-state index contributed by atoms with van der Waals surface area (Å²) in [6, 6.07) is 4.36. The summed E-state index contributed by atoms with van der Waals surface area (Å²) in [5, 5.41) is 0. The number of ether oxygens (including phenoxy) is 2. The van der Waals surface area contributed by atoms with Crippen molar-refractivity contribution >= 4 is 27.7 Å². The molecule has 0 aliphatic heterocycles. The molecule has 0 saturated carbocycles. The van der Waals surface area contributed by atoms with E-state index in [2.05, 4.69) is 20.7 Å². The Balaban J connectivity index is 3.22. The molecule has 3 nitrogen and oxygen atoms in total. The molecule has 0 bridgehead atoms. The van der Waals surface area contributed by atoms with Crippen LogP contribution in [0.2, 0.25) is 0 Å². The maximum atomic E-state index is 13.2. The van der Waals surface area contributed by atoms with Gasteiger partial charge >= 0.3 is 5.97 Å². The van der Waals surface area contributed by atoms with Crippen LogP contribution in [0, 0.1) is 0 Å². The average molecular weight is 289 g/mol. The molecule has 0 spiro atoms. The van der Waals surface area contributed by atoms with Crippen LogP contribution in [0.3, 0.4) is 0 Å². The first-order valence-corrected chi connectivity index (χ1v) is 5.28. The Morgan fingerprint density at radius 1 is 1.44 bits per heavy atom. The summed E-state index contributed by atoms with van der Waals surface area (Å²) in [7, 11) is 2.68. The lowest BCUT2D eigenvalue weighted by atomic mass is 10.1. The van der Waals surface area contributed by atoms with Crippen molar-refractivity contribution in [3.05, 3.63) is 34.3 Å². The van der Waals surface area contributed by atoms with Crippen LogP contribution in [0.5, 0.6) is 5.75 Å². The van der Waals surface area contributed by atoms with E-state index in [9.17, 15) is 9.18 Å². The number of hydrogen-bond donors (Lipinski definition) is 0. The summed E-state index contributed by atoms with van der Waals surface area (Å²) in [6.45, 7) is 0. The van der Waals surface area contributed by atoms with Gasteiger partial charge in [0.05, 0.1) is 14.2 Å². The number of esters is 1. The highest BCUT2D eigenvalue weighted by atomic mass is 79.9. The average Bonchev–Trinajstić information content (AvgIpc) is 2.35. The minimum atomic E-state index is -0.522. The molecule has 0 radical (unpaired) electrons. The summed E-state index contributed by atoms with van der Waals surface area (Å²) in [5.74, 6) is -0.699. The van der Waals surface area contributed by atoms with Crippen molar-refractivity contribution in [3.8, 4) is 5.75 Å². The first kappa shape index (κ1) is 12.7. The van der Waals surface area contributed by atoms with E-state index in [1.54, 1.807) is 0 Å². The second kappa shape index (κ2) is 5.65. The highest BCUT2D eigenvalue weighted by molar-refractivity contribution is 9.11. The quantitative estimate of drug-likeness (QED) is 0.802. The van der Waals surface area contributed by atoms with E-state index in [-0.39, 0.29) is 11.3 Å². The van der Waals surface area contributed by atoms with E-state index in [0.29, 0.717) is 5.56 Å². The van der Waals surface area contributed by atoms with Crippen LogP contribution in [0.4, 0.5) is 4.39 Å². The third-order valence-electron chi connectivity index (χ3n) is 1.98. The maximum Gasteiger partial charge on any atom is 0.341 e. The highest BCUT2D eigenvalue weighted by Crippen LogP contribution is 2.26. The first-order valence-electron chi connectivity index (χ1n) is 4.36. The molecule has 86 valence electrons. The number of hydrogen-bond acceptors (Lipinski definition) is 3. The third kappa shape index (κ3) is 2.61. The monoisotopic (exact) mass is 288 g/mol. The Hall–Kier alpha value is -1.36. The van der Waals surface area contributed by atoms with Crippen LogP contribution >= 0.6 is 15.9 Å². The van der Waals surface area contributed by atoms with Gasteiger partial charge in [-0.25, -0.2) is 9.18 Å². The lowest BCUT2D eigenvalue weighted by Gasteiger charge is -2.08. The predicted octanol–water partition coefficient (Wildman–Crippen LogP) is 3.14. The van der Waals surface area contributed by atoms with Gasteiger partial charge in [0.1, 0.15) is 17.1 Å². The van der Waals surface area contributed by atoms with Crippen molar-refractivity contribution < 1.29 is 18.7 Å². The number of benzene rings is 1. The summed E-state index contributed by atoms with van der Waals surface area (Å²) in [5.41, 5.74) is 0.581. The molecular formula is C11H10BrFO3. The smallest absolute Gasteiger partial charge is 0.341 e. The molecule has 0 fully saturated rings. The summed E-state index contributed by atoms with van der Waals surface area (Å²) in [6.07, 6.45) is 0. The van der Waals surface area contributed by atoms with Crippen molar-refractivity contribution in [1.29, 1.82) is 0 Å². The van der Waals surface area contributed by atoms with Gasteiger partial charge in [-0.15, -0.1) is 0 Å². The third-order valence-corrected chi connectivity index (χ3v) is 2.38. The van der Waals surface area contributed by atoms with Gasteiger partial charge in [-0.2, -0.15) is 0 Å². The van der Waals surface area contributed by atoms with Crippen molar-refractivity contribution in [2.75, 3.05) is 14.2 Å². The van der Waals surface area contributed by atoms with Crippen LogP contribution in [-0.2, 0) is 4.74 Å². The molecule has 0 aromatic heterocycles. The molecule has 16 heavy (non-hydrogen) atoms. The Bertz CT molecular complexity index is 429. The molecular weight excluding hydrogens is 279 g/mol. The Kier molecular flexibility index (Phi) is 4.49. The standard InChI is InChI=1S/C11H10BrFO3/c1-15-10-5-7(9(13)6-12)3-4-8(10)11(14)16-2/h3-6H,1-2H3/b9-6-. The first-order chi connectivity index (χ1) is 7.63. The SMILES string of the molecule is COC(=O)c1ccc(/C(F)=C/Br)cc1OC. The zero-order valence-corrected chi connectivity index (χ0v) is 10.4. The lowest BCUT2D eigenvalue weighted by molar-refractivity contribution is 0.0597. The summed E-state index contributed by atoms with van der Waals surface area (Å²) in [4.78, 5) is 12.5. The second-order valence-corrected chi connectivity index (χ2v) is 3.32. The molecule has 1 aromatic rings. The lowest BCUT2D eigenvalue weighted by Crippen LogP contribution is -2.04. The number of rotatable bonds is 3. The van der Waals surface area contributed by atoms with Crippen LogP contribution < -0.4 is 4.74 Å². The van der Waals surface area contributed by atoms with E-state index in [4.69, 9.17) is 4.74 Å². The van der Waals surface area contributed by atoms with E-state index < -0.39 is 11.8 Å². The fraction of sp³-hybridized carbons (Fsp3) is 0.182. The molecule has 5 heteroatoms. The Morgan fingerprint density at radius 3 is 2.62 bits per heavy atom. The van der Waals surface area contributed by atoms with Gasteiger partial charge in [0.2, 0.25) is 0 Å². The molecule has 1 aromatic carbocycles. The highest BCUT2D eigenvalue weighted by Gasteiger charge is 2.14. The van der Waals surface area contributed by atoms with Gasteiger partial charge in [0.25, 0.3) is 0 Å². The van der Waals surface area contributed by atoms with Crippen molar-refractivity contribution in [3.63, 3.8) is 0 Å². The van der Waals surface area contributed by atoms with E-state index in [1.807, 2.05) is 0 Å². The van der Waals surface area contributed by atoms with Crippen molar-refractivity contribution in [1.82, 2.24) is 0 Å². The fourth-order valence-corrected chi connectivity index (χ4v) is 1.45. The molecule has 1 rings (SSSR count). The van der Waals surface area contributed by atoms with Gasteiger partial charge in [-0.1, -0.05) is 22.0 Å². The largest absolute Gasteiger partial charge is 0.496 e. The van der Waals surface area contributed by atoms with Gasteiger partial charge in [-0.05, 0) is 12.1 Å². The van der Waals surface area contributed by atoms with Crippen LogP contribution in [0.15, 0.2) is 23.2 Å². The molecule has 0 atom stereocenters. The number of methoxy groups -OCH3 is 2. The van der Waals surface area contributed by atoms with Crippen LogP contribution in [0.1, 0.15) is 15.9 Å². The summed E-state index contributed by atoms with van der Waals surface area (Å²) >= 11 is 2.89. The Morgan fingerprint density at radius 2 is 2.12 bits per heavy atom. The van der Waals surface area contributed by atoms with E-state index in [0.717, 1.165) is 4.99 Å².